The summed E-state index contributed by atoms with van der Waals surface area (Å²) in [5.74, 6) is 1.42. The van der Waals surface area contributed by atoms with Crippen LogP contribution in [0.3, 0.4) is 0 Å². The normalized spacial score (nSPS) is 16.1. The van der Waals surface area contributed by atoms with Gasteiger partial charge < -0.3 is 20.3 Å². The van der Waals surface area contributed by atoms with Crippen LogP contribution >= 0.6 is 0 Å². The zero-order valence-electron chi connectivity index (χ0n) is 14.4. The lowest BCUT2D eigenvalue weighted by molar-refractivity contribution is 0.0983. The van der Waals surface area contributed by atoms with Crippen molar-refractivity contribution in [1.29, 1.82) is 0 Å². The summed E-state index contributed by atoms with van der Waals surface area (Å²) in [7, 11) is 0. The van der Waals surface area contributed by atoms with Crippen LogP contribution in [0.15, 0.2) is 12.3 Å². The van der Waals surface area contributed by atoms with Gasteiger partial charge >= 0.3 is 6.09 Å². The van der Waals surface area contributed by atoms with Crippen molar-refractivity contribution in [2.24, 2.45) is 0 Å². The van der Waals surface area contributed by atoms with E-state index in [0.717, 1.165) is 18.7 Å². The molecule has 0 unspecified atom stereocenters. The van der Waals surface area contributed by atoms with Crippen LogP contribution in [0.4, 0.5) is 16.6 Å². The van der Waals surface area contributed by atoms with Crippen molar-refractivity contribution in [2.45, 2.75) is 52.1 Å². The standard InChI is InChI=1S/C16H27N5O2/c1-5-23-15(22)21-10-7-12(8-11-21)18-13-6-9-17-14(19-13)20-16(2,3)4/h6,9,12H,5,7-8,10-11H2,1-4H3,(H2,17,18,19,20). The second-order valence-electron chi connectivity index (χ2n) is 6.75. The molecule has 0 aliphatic carbocycles. The van der Waals surface area contributed by atoms with E-state index in [0.29, 0.717) is 31.7 Å². The van der Waals surface area contributed by atoms with E-state index >= 15 is 0 Å². The van der Waals surface area contributed by atoms with Crippen LogP contribution in [0.2, 0.25) is 0 Å². The third kappa shape index (κ3) is 5.58. The summed E-state index contributed by atoms with van der Waals surface area (Å²) in [6.45, 7) is 9.86. The Balaban J connectivity index is 1.87. The zero-order valence-corrected chi connectivity index (χ0v) is 14.4. The van der Waals surface area contributed by atoms with E-state index in [2.05, 4.69) is 41.4 Å². The molecule has 128 valence electrons. The van der Waals surface area contributed by atoms with Crippen LogP contribution in [0.1, 0.15) is 40.5 Å². The van der Waals surface area contributed by atoms with Crippen molar-refractivity contribution in [3.63, 3.8) is 0 Å². The molecule has 0 spiro atoms. The second kappa shape index (κ2) is 7.48. The third-order valence-corrected chi connectivity index (χ3v) is 3.52. The molecule has 0 aromatic carbocycles. The number of nitrogens with zero attached hydrogens (tertiary/aromatic N) is 3. The summed E-state index contributed by atoms with van der Waals surface area (Å²) in [4.78, 5) is 22.2. The number of carbonyl (C=O) groups is 1. The molecule has 0 bridgehead atoms. The van der Waals surface area contributed by atoms with Gasteiger partial charge in [0.15, 0.2) is 0 Å². The topological polar surface area (TPSA) is 79.4 Å². The molecule has 0 saturated carbocycles. The van der Waals surface area contributed by atoms with E-state index < -0.39 is 0 Å². The highest BCUT2D eigenvalue weighted by atomic mass is 16.6. The first-order chi connectivity index (χ1) is 10.9. The largest absolute Gasteiger partial charge is 0.450 e. The van der Waals surface area contributed by atoms with Crippen molar-refractivity contribution in [2.75, 3.05) is 30.3 Å². The quantitative estimate of drug-likeness (QED) is 0.887. The molecule has 2 N–H and O–H groups in total. The fraction of sp³-hybridized carbons (Fsp3) is 0.688. The Hall–Kier alpha value is -2.05. The maximum atomic E-state index is 11.7. The first-order valence-corrected chi connectivity index (χ1v) is 8.17. The summed E-state index contributed by atoms with van der Waals surface area (Å²) in [6, 6.07) is 2.17. The van der Waals surface area contributed by atoms with Gasteiger partial charge in [0.05, 0.1) is 6.61 Å². The molecule has 2 heterocycles. The van der Waals surface area contributed by atoms with Crippen molar-refractivity contribution < 1.29 is 9.53 Å². The molecule has 1 aromatic heterocycles. The number of piperidine rings is 1. The average molecular weight is 321 g/mol. The Kier molecular flexibility index (Phi) is 5.63. The fourth-order valence-corrected chi connectivity index (χ4v) is 2.47. The van der Waals surface area contributed by atoms with Crippen LogP contribution < -0.4 is 10.6 Å². The molecule has 1 amide bonds. The monoisotopic (exact) mass is 321 g/mol. The van der Waals surface area contributed by atoms with E-state index in [1.807, 2.05) is 13.0 Å². The summed E-state index contributed by atoms with van der Waals surface area (Å²) >= 11 is 0. The van der Waals surface area contributed by atoms with Crippen LogP contribution in [0.25, 0.3) is 0 Å². The highest BCUT2D eigenvalue weighted by molar-refractivity contribution is 5.67. The molecule has 1 fully saturated rings. The van der Waals surface area contributed by atoms with E-state index in [1.54, 1.807) is 11.1 Å². The van der Waals surface area contributed by atoms with Crippen molar-refractivity contribution >= 4 is 17.9 Å². The Morgan fingerprint density at radius 1 is 1.39 bits per heavy atom. The molecule has 1 aliphatic heterocycles. The number of rotatable bonds is 4. The second-order valence-corrected chi connectivity index (χ2v) is 6.75. The predicted octanol–water partition coefficient (Wildman–Crippen LogP) is 2.72. The van der Waals surface area contributed by atoms with Crippen LogP contribution in [-0.4, -0.2) is 52.2 Å². The lowest BCUT2D eigenvalue weighted by Gasteiger charge is -2.32. The molecule has 1 saturated heterocycles. The molecule has 1 aliphatic rings. The average Bonchev–Trinajstić information content (AvgIpc) is 2.47. The first kappa shape index (κ1) is 17.3. The van der Waals surface area contributed by atoms with Crippen molar-refractivity contribution in [3.05, 3.63) is 12.3 Å². The minimum Gasteiger partial charge on any atom is -0.450 e. The van der Waals surface area contributed by atoms with Gasteiger partial charge in [0, 0.05) is 30.9 Å². The molecular weight excluding hydrogens is 294 g/mol. The zero-order chi connectivity index (χ0) is 16.9. The van der Waals surface area contributed by atoms with Gasteiger partial charge in [-0.1, -0.05) is 0 Å². The number of aromatic nitrogens is 2. The number of anilines is 2. The Bertz CT molecular complexity index is 521. The van der Waals surface area contributed by atoms with E-state index in [-0.39, 0.29) is 11.6 Å². The minimum absolute atomic E-state index is 0.0798. The summed E-state index contributed by atoms with van der Waals surface area (Å²) in [6.07, 6.45) is 3.29. The highest BCUT2D eigenvalue weighted by Crippen LogP contribution is 2.17. The Morgan fingerprint density at radius 2 is 2.09 bits per heavy atom. The van der Waals surface area contributed by atoms with Gasteiger partial charge in [-0.25, -0.2) is 9.78 Å². The number of hydrogen-bond donors (Lipinski definition) is 2. The number of nitrogens with one attached hydrogen (secondary N) is 2. The molecule has 0 radical (unpaired) electrons. The number of amides is 1. The number of ether oxygens (including phenoxy) is 1. The Morgan fingerprint density at radius 3 is 2.70 bits per heavy atom. The summed E-state index contributed by atoms with van der Waals surface area (Å²) in [5.41, 5.74) is -0.0798. The van der Waals surface area contributed by atoms with E-state index in [9.17, 15) is 4.79 Å². The number of hydrogen-bond acceptors (Lipinski definition) is 6. The van der Waals surface area contributed by atoms with Crippen molar-refractivity contribution in [3.8, 4) is 0 Å². The van der Waals surface area contributed by atoms with Gasteiger partial charge in [-0.05, 0) is 46.6 Å². The predicted molar refractivity (Wildman–Crippen MR) is 90.6 cm³/mol. The molecule has 2 rings (SSSR count). The van der Waals surface area contributed by atoms with Gasteiger partial charge in [0.2, 0.25) is 5.95 Å². The molecule has 1 aromatic rings. The molecular formula is C16H27N5O2. The van der Waals surface area contributed by atoms with Crippen LogP contribution in [0, 0.1) is 0 Å². The first-order valence-electron chi connectivity index (χ1n) is 8.17. The SMILES string of the molecule is CCOC(=O)N1CCC(Nc2ccnc(NC(C)(C)C)n2)CC1. The van der Waals surface area contributed by atoms with E-state index in [1.165, 1.54) is 0 Å². The van der Waals surface area contributed by atoms with Gasteiger partial charge in [0.1, 0.15) is 5.82 Å². The number of carbonyl (C=O) groups excluding carboxylic acids is 1. The number of likely N-dealkylation sites (tertiary alicyclic amines) is 1. The van der Waals surface area contributed by atoms with Crippen molar-refractivity contribution in [1.82, 2.24) is 14.9 Å². The summed E-state index contributed by atoms with van der Waals surface area (Å²) in [5, 5.41) is 6.69. The summed E-state index contributed by atoms with van der Waals surface area (Å²) < 4.78 is 5.03. The maximum absolute atomic E-state index is 11.7. The third-order valence-electron chi connectivity index (χ3n) is 3.52. The molecule has 0 atom stereocenters. The van der Waals surface area contributed by atoms with Gasteiger partial charge in [0.25, 0.3) is 0 Å². The highest BCUT2D eigenvalue weighted by Gasteiger charge is 2.23. The van der Waals surface area contributed by atoms with Gasteiger partial charge in [-0.3, -0.25) is 0 Å². The lowest BCUT2D eigenvalue weighted by Crippen LogP contribution is -2.42. The Labute approximate surface area is 137 Å². The maximum Gasteiger partial charge on any atom is 0.409 e. The van der Waals surface area contributed by atoms with Crippen LogP contribution in [0.5, 0.6) is 0 Å². The molecule has 7 heteroatoms. The van der Waals surface area contributed by atoms with Gasteiger partial charge in [-0.2, -0.15) is 4.98 Å². The fourth-order valence-electron chi connectivity index (χ4n) is 2.47. The molecule has 7 nitrogen and oxygen atoms in total. The molecule has 23 heavy (non-hydrogen) atoms. The smallest absolute Gasteiger partial charge is 0.409 e. The van der Waals surface area contributed by atoms with E-state index in [4.69, 9.17) is 4.74 Å². The van der Waals surface area contributed by atoms with Gasteiger partial charge in [-0.15, -0.1) is 0 Å². The minimum atomic E-state index is -0.218. The lowest BCUT2D eigenvalue weighted by atomic mass is 10.1. The van der Waals surface area contributed by atoms with Crippen LogP contribution in [-0.2, 0) is 4.74 Å².